The molecule has 1 heterocycles. The van der Waals surface area contributed by atoms with Crippen molar-refractivity contribution >= 4 is 11.6 Å². The van der Waals surface area contributed by atoms with Gasteiger partial charge in [-0.2, -0.15) is 0 Å². The Bertz CT molecular complexity index is 393. The Hall–Kier alpha value is -0.740. The zero-order chi connectivity index (χ0) is 15.7. The molecule has 0 radical (unpaired) electrons. The molecule has 0 bridgehead atoms. The molecular formula is C17H30N2O2. The summed E-state index contributed by atoms with van der Waals surface area (Å²) in [7, 11) is 4.16. The van der Waals surface area contributed by atoms with Gasteiger partial charge in [-0.3, -0.25) is 9.59 Å². The minimum absolute atomic E-state index is 0.0612. The molecule has 2 rings (SSSR count). The van der Waals surface area contributed by atoms with Crippen molar-refractivity contribution in [2.75, 3.05) is 40.3 Å². The number of likely N-dealkylation sites (N-methyl/N-ethyl adjacent to an activating group) is 1. The van der Waals surface area contributed by atoms with Crippen molar-refractivity contribution in [1.82, 2.24) is 9.80 Å². The lowest BCUT2D eigenvalue weighted by Gasteiger charge is -2.41. The average molecular weight is 294 g/mol. The molecule has 1 aliphatic heterocycles. The molecule has 1 saturated heterocycles. The molecule has 0 aromatic heterocycles. The van der Waals surface area contributed by atoms with Gasteiger partial charge < -0.3 is 9.80 Å². The lowest BCUT2D eigenvalue weighted by molar-refractivity contribution is -0.149. The number of carbonyl (C=O) groups is 2. The third kappa shape index (κ3) is 3.07. The summed E-state index contributed by atoms with van der Waals surface area (Å²) in [5.41, 5.74) is -0.726. The monoisotopic (exact) mass is 294 g/mol. The zero-order valence-electron chi connectivity index (χ0n) is 14.1. The molecule has 1 aliphatic carbocycles. The van der Waals surface area contributed by atoms with Crippen LogP contribution in [0.25, 0.3) is 0 Å². The normalized spacial score (nSPS) is 25.2. The van der Waals surface area contributed by atoms with E-state index in [4.69, 9.17) is 0 Å². The Morgan fingerprint density at radius 1 is 1.10 bits per heavy atom. The predicted octanol–water partition coefficient (Wildman–Crippen LogP) is 1.98. The number of likely N-dealkylation sites (tertiary alicyclic amines) is 1. The Kier molecular flexibility index (Phi) is 4.89. The number of rotatable bonds is 5. The first-order valence-electron chi connectivity index (χ1n) is 8.31. The predicted molar refractivity (Wildman–Crippen MR) is 84.3 cm³/mol. The third-order valence-electron chi connectivity index (χ3n) is 5.73. The molecule has 1 saturated carbocycles. The highest BCUT2D eigenvalue weighted by Crippen LogP contribution is 2.48. The molecule has 0 aromatic carbocycles. The van der Waals surface area contributed by atoms with Crippen LogP contribution in [-0.4, -0.2) is 61.6 Å². The second-order valence-electron chi connectivity index (χ2n) is 7.32. The molecule has 0 atom stereocenters. The molecule has 0 amide bonds. The fourth-order valence-electron chi connectivity index (χ4n) is 4.12. The maximum Gasteiger partial charge on any atom is 0.146 e. The first-order chi connectivity index (χ1) is 9.87. The Morgan fingerprint density at radius 2 is 1.67 bits per heavy atom. The molecular weight excluding hydrogens is 264 g/mol. The third-order valence-corrected chi connectivity index (χ3v) is 5.73. The van der Waals surface area contributed by atoms with E-state index in [2.05, 4.69) is 23.9 Å². The number of carbonyl (C=O) groups excluding carboxylic acids is 2. The van der Waals surface area contributed by atoms with Gasteiger partial charge in [0, 0.05) is 32.5 Å². The molecule has 0 unspecified atom stereocenters. The molecule has 2 fully saturated rings. The standard InChI is InChI=1S/C17H30N2O2/c1-5-17(6-2)14(20)11-16(12-15(17)21)7-8-19(13-16)10-9-18(3)4/h5-13H2,1-4H3. The van der Waals surface area contributed by atoms with Crippen molar-refractivity contribution in [3.8, 4) is 0 Å². The summed E-state index contributed by atoms with van der Waals surface area (Å²) in [5, 5.41) is 0. The summed E-state index contributed by atoms with van der Waals surface area (Å²) in [4.78, 5) is 30.0. The maximum absolute atomic E-state index is 12.7. The van der Waals surface area contributed by atoms with Crippen LogP contribution in [0.4, 0.5) is 0 Å². The molecule has 4 nitrogen and oxygen atoms in total. The van der Waals surface area contributed by atoms with E-state index in [9.17, 15) is 9.59 Å². The fraction of sp³-hybridized carbons (Fsp3) is 0.882. The summed E-state index contributed by atoms with van der Waals surface area (Å²) in [6, 6.07) is 0. The highest BCUT2D eigenvalue weighted by atomic mass is 16.2. The van der Waals surface area contributed by atoms with Crippen LogP contribution >= 0.6 is 0 Å². The van der Waals surface area contributed by atoms with E-state index in [-0.39, 0.29) is 17.0 Å². The first kappa shape index (κ1) is 16.6. The van der Waals surface area contributed by atoms with E-state index in [0.717, 1.165) is 32.6 Å². The highest BCUT2D eigenvalue weighted by Gasteiger charge is 2.54. The van der Waals surface area contributed by atoms with Crippen LogP contribution in [0.2, 0.25) is 0 Å². The van der Waals surface area contributed by atoms with E-state index in [1.807, 2.05) is 13.8 Å². The van der Waals surface area contributed by atoms with E-state index >= 15 is 0 Å². The summed E-state index contributed by atoms with van der Waals surface area (Å²) in [6.07, 6.45) is 3.56. The number of hydrogen-bond acceptors (Lipinski definition) is 4. The lowest BCUT2D eigenvalue weighted by atomic mass is 9.60. The van der Waals surface area contributed by atoms with Crippen molar-refractivity contribution in [3.05, 3.63) is 0 Å². The van der Waals surface area contributed by atoms with Crippen LogP contribution in [0, 0.1) is 10.8 Å². The van der Waals surface area contributed by atoms with E-state index < -0.39 is 5.41 Å². The summed E-state index contributed by atoms with van der Waals surface area (Å²) in [5.74, 6) is 0.413. The van der Waals surface area contributed by atoms with Crippen LogP contribution in [-0.2, 0) is 9.59 Å². The molecule has 21 heavy (non-hydrogen) atoms. The number of Topliss-reactive ketones (excluding diaryl/α,β-unsaturated/α-hetero) is 2. The van der Waals surface area contributed by atoms with Gasteiger partial charge in [-0.15, -0.1) is 0 Å². The minimum Gasteiger partial charge on any atom is -0.308 e. The van der Waals surface area contributed by atoms with Gasteiger partial charge in [-0.05, 0) is 45.3 Å². The van der Waals surface area contributed by atoms with Gasteiger partial charge in [0.2, 0.25) is 0 Å². The fourth-order valence-corrected chi connectivity index (χ4v) is 4.12. The SMILES string of the molecule is CCC1(CC)C(=O)CC2(CCN(CCN(C)C)C2)CC1=O. The second-order valence-corrected chi connectivity index (χ2v) is 7.32. The molecule has 1 spiro atoms. The topological polar surface area (TPSA) is 40.6 Å². The Labute approximate surface area is 128 Å². The van der Waals surface area contributed by atoms with Crippen LogP contribution in [0.5, 0.6) is 0 Å². The number of ketones is 2. The molecule has 0 aromatic rings. The smallest absolute Gasteiger partial charge is 0.146 e. The van der Waals surface area contributed by atoms with Gasteiger partial charge >= 0.3 is 0 Å². The summed E-state index contributed by atoms with van der Waals surface area (Å²) < 4.78 is 0. The van der Waals surface area contributed by atoms with Gasteiger partial charge in [0.25, 0.3) is 0 Å². The maximum atomic E-state index is 12.7. The second kappa shape index (κ2) is 6.17. The molecule has 4 heteroatoms. The molecule has 2 aliphatic rings. The molecule has 0 N–H and O–H groups in total. The summed E-state index contributed by atoms with van der Waals surface area (Å²) in [6.45, 7) is 7.97. The molecule has 120 valence electrons. The quantitative estimate of drug-likeness (QED) is 0.727. The number of hydrogen-bond donors (Lipinski definition) is 0. The largest absolute Gasteiger partial charge is 0.308 e. The van der Waals surface area contributed by atoms with Crippen molar-refractivity contribution in [3.63, 3.8) is 0 Å². The van der Waals surface area contributed by atoms with Crippen LogP contribution in [0.3, 0.4) is 0 Å². The van der Waals surface area contributed by atoms with Crippen LogP contribution < -0.4 is 0 Å². The summed E-state index contributed by atoms with van der Waals surface area (Å²) >= 11 is 0. The van der Waals surface area contributed by atoms with Gasteiger partial charge in [0.15, 0.2) is 0 Å². The van der Waals surface area contributed by atoms with Crippen LogP contribution in [0.15, 0.2) is 0 Å². The van der Waals surface area contributed by atoms with Crippen molar-refractivity contribution in [2.45, 2.75) is 46.0 Å². The Balaban J connectivity index is 2.04. The minimum atomic E-state index is -0.664. The van der Waals surface area contributed by atoms with Crippen molar-refractivity contribution in [2.24, 2.45) is 10.8 Å². The Morgan fingerprint density at radius 3 is 2.14 bits per heavy atom. The average Bonchev–Trinajstić information content (AvgIpc) is 2.80. The number of nitrogens with zero attached hydrogens (tertiary/aromatic N) is 2. The van der Waals surface area contributed by atoms with Crippen molar-refractivity contribution in [1.29, 1.82) is 0 Å². The van der Waals surface area contributed by atoms with Crippen LogP contribution in [0.1, 0.15) is 46.0 Å². The first-order valence-corrected chi connectivity index (χ1v) is 8.31. The zero-order valence-corrected chi connectivity index (χ0v) is 14.1. The van der Waals surface area contributed by atoms with Gasteiger partial charge in [-0.1, -0.05) is 13.8 Å². The van der Waals surface area contributed by atoms with E-state index in [1.165, 1.54) is 0 Å². The van der Waals surface area contributed by atoms with Crippen molar-refractivity contribution < 1.29 is 9.59 Å². The highest BCUT2D eigenvalue weighted by molar-refractivity contribution is 6.09. The van der Waals surface area contributed by atoms with Gasteiger partial charge in [-0.25, -0.2) is 0 Å². The van der Waals surface area contributed by atoms with E-state index in [0.29, 0.717) is 25.7 Å². The van der Waals surface area contributed by atoms with E-state index in [1.54, 1.807) is 0 Å². The van der Waals surface area contributed by atoms with Gasteiger partial charge in [0.05, 0.1) is 5.41 Å². The van der Waals surface area contributed by atoms with Gasteiger partial charge in [0.1, 0.15) is 11.6 Å². The lowest BCUT2D eigenvalue weighted by Crippen LogP contribution is -2.49.